The molecular weight excluding hydrogens is 230 g/mol. The largest absolute Gasteiger partial charge is 0.379 e. The number of benzene rings is 1. The van der Waals surface area contributed by atoms with E-state index in [9.17, 15) is 10.1 Å². The highest BCUT2D eigenvalue weighted by Crippen LogP contribution is 2.20. The van der Waals surface area contributed by atoms with E-state index in [0.29, 0.717) is 6.54 Å². The molecule has 0 bridgehead atoms. The Hall–Kier alpha value is -2.43. The molecule has 1 N–H and O–H groups in total. The average molecular weight is 243 g/mol. The molecule has 0 amide bonds. The van der Waals surface area contributed by atoms with Gasteiger partial charge in [0.2, 0.25) is 0 Å². The molecular formula is C13H13N3O2. The highest BCUT2D eigenvalue weighted by atomic mass is 16.6. The van der Waals surface area contributed by atoms with Crippen molar-refractivity contribution >= 4 is 11.4 Å². The number of pyridine rings is 1. The first kappa shape index (κ1) is 12.0. The first-order chi connectivity index (χ1) is 8.65. The summed E-state index contributed by atoms with van der Waals surface area (Å²) in [5.41, 5.74) is 2.57. The minimum absolute atomic E-state index is 0.0959. The zero-order valence-electron chi connectivity index (χ0n) is 9.96. The minimum atomic E-state index is -0.390. The maximum absolute atomic E-state index is 10.7. The van der Waals surface area contributed by atoms with Crippen molar-refractivity contribution in [2.75, 3.05) is 5.32 Å². The van der Waals surface area contributed by atoms with Gasteiger partial charge in [0.1, 0.15) is 0 Å². The molecule has 0 spiro atoms. The van der Waals surface area contributed by atoms with Gasteiger partial charge in [-0.25, -0.2) is 0 Å². The highest BCUT2D eigenvalue weighted by Gasteiger charge is 2.07. The predicted molar refractivity (Wildman–Crippen MR) is 69.4 cm³/mol. The van der Waals surface area contributed by atoms with Crippen LogP contribution in [0, 0.1) is 17.0 Å². The Morgan fingerprint density at radius 2 is 2.17 bits per heavy atom. The monoisotopic (exact) mass is 243 g/mol. The van der Waals surface area contributed by atoms with Crippen LogP contribution in [0.15, 0.2) is 42.6 Å². The van der Waals surface area contributed by atoms with Crippen LogP contribution in [0.5, 0.6) is 0 Å². The molecule has 0 saturated heterocycles. The number of nitro benzene ring substituents is 1. The normalized spacial score (nSPS) is 10.1. The van der Waals surface area contributed by atoms with E-state index in [4.69, 9.17) is 0 Å². The van der Waals surface area contributed by atoms with Crippen LogP contribution in [0.3, 0.4) is 0 Å². The van der Waals surface area contributed by atoms with Crippen LogP contribution in [0.4, 0.5) is 11.4 Å². The van der Waals surface area contributed by atoms with Crippen molar-refractivity contribution < 1.29 is 4.92 Å². The van der Waals surface area contributed by atoms with Gasteiger partial charge < -0.3 is 5.32 Å². The highest BCUT2D eigenvalue weighted by molar-refractivity contribution is 5.53. The first-order valence-electron chi connectivity index (χ1n) is 5.55. The van der Waals surface area contributed by atoms with Gasteiger partial charge in [0.25, 0.3) is 5.69 Å². The molecule has 0 saturated carbocycles. The van der Waals surface area contributed by atoms with E-state index < -0.39 is 0 Å². The molecule has 5 nitrogen and oxygen atoms in total. The molecule has 0 fully saturated rings. The summed E-state index contributed by atoms with van der Waals surface area (Å²) in [5.74, 6) is 0. The number of nitrogens with zero attached hydrogens (tertiary/aromatic N) is 2. The number of nitrogens with one attached hydrogen (secondary N) is 1. The minimum Gasteiger partial charge on any atom is -0.379 e. The van der Waals surface area contributed by atoms with Crippen LogP contribution in [0.25, 0.3) is 0 Å². The van der Waals surface area contributed by atoms with Gasteiger partial charge >= 0.3 is 0 Å². The third-order valence-corrected chi connectivity index (χ3v) is 2.47. The smallest absolute Gasteiger partial charge is 0.271 e. The fourth-order valence-corrected chi connectivity index (χ4v) is 1.67. The lowest BCUT2D eigenvalue weighted by Crippen LogP contribution is -2.02. The number of anilines is 1. The summed E-state index contributed by atoms with van der Waals surface area (Å²) >= 11 is 0. The van der Waals surface area contributed by atoms with Crippen molar-refractivity contribution in [3.63, 3.8) is 0 Å². The lowest BCUT2D eigenvalue weighted by Gasteiger charge is -2.06. The quantitative estimate of drug-likeness (QED) is 0.662. The van der Waals surface area contributed by atoms with Crippen molar-refractivity contribution in [1.82, 2.24) is 4.98 Å². The van der Waals surface area contributed by atoms with Crippen LogP contribution in [-0.4, -0.2) is 9.91 Å². The van der Waals surface area contributed by atoms with E-state index in [1.165, 1.54) is 6.07 Å². The second-order valence-electron chi connectivity index (χ2n) is 3.99. The SMILES string of the molecule is Cc1cc(NCc2ccccn2)cc([N+](=O)[O-])c1. The van der Waals surface area contributed by atoms with E-state index in [2.05, 4.69) is 10.3 Å². The number of hydrogen-bond donors (Lipinski definition) is 1. The fraction of sp³-hybridized carbons (Fsp3) is 0.154. The first-order valence-corrected chi connectivity index (χ1v) is 5.55. The zero-order chi connectivity index (χ0) is 13.0. The summed E-state index contributed by atoms with van der Waals surface area (Å²) in [6.07, 6.45) is 1.72. The van der Waals surface area contributed by atoms with Crippen LogP contribution in [0.2, 0.25) is 0 Å². The Balaban J connectivity index is 2.12. The van der Waals surface area contributed by atoms with Crippen LogP contribution in [-0.2, 0) is 6.54 Å². The number of aromatic nitrogens is 1. The standard InChI is InChI=1S/C13H13N3O2/c1-10-6-12(8-13(7-10)16(17)18)15-9-11-4-2-3-5-14-11/h2-8,15H,9H2,1H3. The molecule has 0 unspecified atom stereocenters. The molecule has 1 aromatic heterocycles. The van der Waals surface area contributed by atoms with Gasteiger partial charge in [-0.15, -0.1) is 0 Å². The molecule has 1 heterocycles. The van der Waals surface area contributed by atoms with E-state index >= 15 is 0 Å². The third-order valence-electron chi connectivity index (χ3n) is 2.47. The summed E-state index contributed by atoms with van der Waals surface area (Å²) in [7, 11) is 0. The molecule has 1 aromatic carbocycles. The molecule has 2 aromatic rings. The summed E-state index contributed by atoms with van der Waals surface area (Å²) < 4.78 is 0. The molecule has 0 aliphatic rings. The predicted octanol–water partition coefficient (Wildman–Crippen LogP) is 2.91. The number of nitro groups is 1. The van der Waals surface area contributed by atoms with Gasteiger partial charge in [-0.1, -0.05) is 6.07 Å². The Morgan fingerprint density at radius 3 is 2.83 bits per heavy atom. The van der Waals surface area contributed by atoms with Crippen molar-refractivity contribution in [3.8, 4) is 0 Å². The van der Waals surface area contributed by atoms with Crippen LogP contribution >= 0.6 is 0 Å². The number of rotatable bonds is 4. The Labute approximate surface area is 105 Å². The molecule has 0 radical (unpaired) electrons. The topological polar surface area (TPSA) is 68.1 Å². The molecule has 0 atom stereocenters. The van der Waals surface area contributed by atoms with Crippen molar-refractivity contribution in [2.24, 2.45) is 0 Å². The molecule has 5 heteroatoms. The molecule has 2 rings (SSSR count). The van der Waals surface area contributed by atoms with E-state index in [1.807, 2.05) is 31.2 Å². The number of non-ortho nitro benzene ring substituents is 1. The second kappa shape index (κ2) is 5.27. The van der Waals surface area contributed by atoms with Crippen LogP contribution in [0.1, 0.15) is 11.3 Å². The Morgan fingerprint density at radius 1 is 1.33 bits per heavy atom. The van der Waals surface area contributed by atoms with Crippen molar-refractivity contribution in [1.29, 1.82) is 0 Å². The maximum Gasteiger partial charge on any atom is 0.271 e. The van der Waals surface area contributed by atoms with Gasteiger partial charge in [-0.3, -0.25) is 15.1 Å². The number of hydrogen-bond acceptors (Lipinski definition) is 4. The second-order valence-corrected chi connectivity index (χ2v) is 3.99. The zero-order valence-corrected chi connectivity index (χ0v) is 9.96. The average Bonchev–Trinajstić information content (AvgIpc) is 2.37. The summed E-state index contributed by atoms with van der Waals surface area (Å²) in [5, 5.41) is 13.9. The third kappa shape index (κ3) is 3.04. The Kier molecular flexibility index (Phi) is 3.52. The van der Waals surface area contributed by atoms with Crippen molar-refractivity contribution in [2.45, 2.75) is 13.5 Å². The maximum atomic E-state index is 10.7. The molecule has 18 heavy (non-hydrogen) atoms. The molecule has 0 aliphatic heterocycles. The lowest BCUT2D eigenvalue weighted by atomic mass is 10.2. The van der Waals surface area contributed by atoms with Crippen molar-refractivity contribution in [3.05, 3.63) is 64.0 Å². The van der Waals surface area contributed by atoms with Gasteiger partial charge in [0.05, 0.1) is 17.2 Å². The van der Waals surface area contributed by atoms with E-state index in [1.54, 1.807) is 12.3 Å². The Bertz CT molecular complexity index is 555. The number of aryl methyl sites for hydroxylation is 1. The lowest BCUT2D eigenvalue weighted by molar-refractivity contribution is -0.384. The van der Waals surface area contributed by atoms with Gasteiger partial charge in [0.15, 0.2) is 0 Å². The molecule has 0 aliphatic carbocycles. The summed E-state index contributed by atoms with van der Waals surface area (Å²) in [4.78, 5) is 14.5. The van der Waals surface area contributed by atoms with Gasteiger partial charge in [-0.05, 0) is 30.7 Å². The fourth-order valence-electron chi connectivity index (χ4n) is 1.67. The van der Waals surface area contributed by atoms with E-state index in [-0.39, 0.29) is 10.6 Å². The molecule has 92 valence electrons. The van der Waals surface area contributed by atoms with Gasteiger partial charge in [0, 0.05) is 24.0 Å². The van der Waals surface area contributed by atoms with E-state index in [0.717, 1.165) is 16.9 Å². The van der Waals surface area contributed by atoms with Crippen LogP contribution < -0.4 is 5.32 Å². The summed E-state index contributed by atoms with van der Waals surface area (Å²) in [6, 6.07) is 10.6. The summed E-state index contributed by atoms with van der Waals surface area (Å²) in [6.45, 7) is 2.38. The van der Waals surface area contributed by atoms with Gasteiger partial charge in [-0.2, -0.15) is 0 Å².